The molecule has 0 unspecified atom stereocenters. The molecule has 0 saturated carbocycles. The molecule has 4 heteroatoms. The first-order valence-electron chi connectivity index (χ1n) is 5.27. The quantitative estimate of drug-likeness (QED) is 0.748. The monoisotopic (exact) mass is 231 g/mol. The zero-order chi connectivity index (χ0) is 12.3. The van der Waals surface area contributed by atoms with Crippen LogP contribution in [-0.4, -0.2) is 24.9 Å². The smallest absolute Gasteiger partial charge is 0.350 e. The number of allylic oxidation sites excluding steroid dienone is 1. The van der Waals surface area contributed by atoms with Crippen molar-refractivity contribution in [3.63, 3.8) is 0 Å². The molecule has 0 radical (unpaired) electrons. The van der Waals surface area contributed by atoms with Crippen LogP contribution in [-0.2, 0) is 14.4 Å². The Balaban J connectivity index is 2.07. The van der Waals surface area contributed by atoms with Gasteiger partial charge < -0.3 is 9.57 Å². The fourth-order valence-corrected chi connectivity index (χ4v) is 1.62. The highest BCUT2D eigenvalue weighted by Gasteiger charge is 2.30. The van der Waals surface area contributed by atoms with E-state index in [1.807, 2.05) is 30.3 Å². The zero-order valence-corrected chi connectivity index (χ0v) is 9.55. The highest BCUT2D eigenvalue weighted by atomic mass is 16.7. The fourth-order valence-electron chi connectivity index (χ4n) is 1.62. The molecule has 1 aromatic carbocycles. The summed E-state index contributed by atoms with van der Waals surface area (Å²) in [4.78, 5) is 16.3. The van der Waals surface area contributed by atoms with E-state index in [0.29, 0.717) is 12.1 Å². The molecule has 1 aromatic rings. The molecule has 4 nitrogen and oxygen atoms in total. The number of carbonyl (C=O) groups is 1. The highest BCUT2D eigenvalue weighted by Crippen LogP contribution is 2.22. The molecule has 1 aliphatic rings. The van der Waals surface area contributed by atoms with Crippen LogP contribution in [0.2, 0.25) is 0 Å². The minimum absolute atomic E-state index is 0.403. The molecule has 1 aliphatic heterocycles. The van der Waals surface area contributed by atoms with Crippen molar-refractivity contribution >= 4 is 17.3 Å². The average molecular weight is 231 g/mol. The largest absolute Gasteiger partial charge is 0.466 e. The summed E-state index contributed by atoms with van der Waals surface area (Å²) in [5.74, 6) is -0.412. The Morgan fingerprint density at radius 2 is 2.18 bits per heavy atom. The summed E-state index contributed by atoms with van der Waals surface area (Å²) >= 11 is 0. The van der Waals surface area contributed by atoms with Gasteiger partial charge in [-0.2, -0.15) is 0 Å². The van der Waals surface area contributed by atoms with Crippen molar-refractivity contribution < 1.29 is 14.4 Å². The Labute approximate surface area is 99.5 Å². The second-order valence-electron chi connectivity index (χ2n) is 3.70. The molecule has 2 rings (SSSR count). The lowest BCUT2D eigenvalue weighted by atomic mass is 9.99. The van der Waals surface area contributed by atoms with Crippen molar-refractivity contribution in [2.45, 2.75) is 12.5 Å². The summed E-state index contributed by atoms with van der Waals surface area (Å²) in [6.07, 6.45) is -0.240. The van der Waals surface area contributed by atoms with Gasteiger partial charge in [-0.1, -0.05) is 42.1 Å². The molecular weight excluding hydrogens is 218 g/mol. The van der Waals surface area contributed by atoms with E-state index in [1.165, 1.54) is 7.11 Å². The maximum absolute atomic E-state index is 11.3. The lowest BCUT2D eigenvalue weighted by molar-refractivity contribution is -0.152. The number of hydrogen-bond donors (Lipinski definition) is 0. The van der Waals surface area contributed by atoms with Gasteiger partial charge >= 0.3 is 5.97 Å². The summed E-state index contributed by atoms with van der Waals surface area (Å²) in [7, 11) is 1.33. The first-order chi connectivity index (χ1) is 8.22. The van der Waals surface area contributed by atoms with Crippen LogP contribution in [0, 0.1) is 0 Å². The minimum Gasteiger partial charge on any atom is -0.466 e. The zero-order valence-electron chi connectivity index (χ0n) is 9.55. The standard InChI is InChI=1S/C13H13NO3/c1-9(10-6-4-3-5-7-10)11-8-12(17-14-11)13(15)16-2/h3-7,12H,1,8H2,2H3/t12-/m0/s1. The van der Waals surface area contributed by atoms with Gasteiger partial charge in [-0.15, -0.1) is 0 Å². The van der Waals surface area contributed by atoms with E-state index in [4.69, 9.17) is 4.84 Å². The predicted molar refractivity (Wildman–Crippen MR) is 64.4 cm³/mol. The van der Waals surface area contributed by atoms with Gasteiger partial charge in [0, 0.05) is 6.42 Å². The van der Waals surface area contributed by atoms with Crippen LogP contribution in [0.5, 0.6) is 0 Å². The molecule has 0 aliphatic carbocycles. The first kappa shape index (κ1) is 11.4. The molecule has 0 spiro atoms. The lowest BCUT2D eigenvalue weighted by Gasteiger charge is -2.05. The Kier molecular flexibility index (Phi) is 3.23. The van der Waals surface area contributed by atoms with Crippen molar-refractivity contribution in [2.24, 2.45) is 5.16 Å². The third-order valence-corrected chi connectivity index (χ3v) is 2.60. The van der Waals surface area contributed by atoms with E-state index in [-0.39, 0.29) is 0 Å². The summed E-state index contributed by atoms with van der Waals surface area (Å²) in [6, 6.07) is 9.66. The van der Waals surface area contributed by atoms with Crippen LogP contribution in [0.3, 0.4) is 0 Å². The average Bonchev–Trinajstić information content (AvgIpc) is 2.87. The van der Waals surface area contributed by atoms with Crippen LogP contribution < -0.4 is 0 Å². The van der Waals surface area contributed by atoms with Gasteiger partial charge in [0.1, 0.15) is 0 Å². The Morgan fingerprint density at radius 1 is 1.47 bits per heavy atom. The summed E-state index contributed by atoms with van der Waals surface area (Å²) < 4.78 is 4.60. The molecule has 17 heavy (non-hydrogen) atoms. The second kappa shape index (κ2) is 4.82. The normalized spacial score (nSPS) is 18.2. The second-order valence-corrected chi connectivity index (χ2v) is 3.70. The number of nitrogens with zero attached hydrogens (tertiary/aromatic N) is 1. The topological polar surface area (TPSA) is 47.9 Å². The van der Waals surface area contributed by atoms with Crippen molar-refractivity contribution in [1.29, 1.82) is 0 Å². The third kappa shape index (κ3) is 2.36. The van der Waals surface area contributed by atoms with Gasteiger partial charge in [0.2, 0.25) is 6.10 Å². The number of carbonyl (C=O) groups excluding carboxylic acids is 1. The Morgan fingerprint density at radius 3 is 2.82 bits per heavy atom. The molecule has 1 heterocycles. The number of esters is 1. The van der Waals surface area contributed by atoms with E-state index >= 15 is 0 Å². The van der Waals surface area contributed by atoms with E-state index in [1.54, 1.807) is 0 Å². The number of hydrogen-bond acceptors (Lipinski definition) is 4. The molecule has 88 valence electrons. The van der Waals surface area contributed by atoms with Crippen LogP contribution >= 0.6 is 0 Å². The molecule has 0 aromatic heterocycles. The first-order valence-corrected chi connectivity index (χ1v) is 5.27. The van der Waals surface area contributed by atoms with E-state index in [0.717, 1.165) is 11.1 Å². The molecule has 1 atom stereocenters. The van der Waals surface area contributed by atoms with Crippen molar-refractivity contribution in [2.75, 3.05) is 7.11 Å². The van der Waals surface area contributed by atoms with Crippen molar-refractivity contribution in [3.8, 4) is 0 Å². The molecule has 0 bridgehead atoms. The Hall–Kier alpha value is -2.10. The van der Waals surface area contributed by atoms with Gasteiger partial charge in [-0.05, 0) is 11.1 Å². The van der Waals surface area contributed by atoms with Crippen LogP contribution in [0.15, 0.2) is 42.1 Å². The highest BCUT2D eigenvalue weighted by molar-refractivity contribution is 6.24. The summed E-state index contributed by atoms with van der Waals surface area (Å²) in [5.41, 5.74) is 2.43. The van der Waals surface area contributed by atoms with Gasteiger partial charge in [-0.25, -0.2) is 4.79 Å². The molecule has 0 N–H and O–H groups in total. The minimum atomic E-state index is -0.643. The maximum atomic E-state index is 11.3. The number of ether oxygens (including phenoxy) is 1. The van der Waals surface area contributed by atoms with Crippen molar-refractivity contribution in [1.82, 2.24) is 0 Å². The van der Waals surface area contributed by atoms with E-state index in [9.17, 15) is 4.79 Å². The van der Waals surface area contributed by atoms with Gasteiger partial charge in [0.25, 0.3) is 0 Å². The number of rotatable bonds is 3. The van der Waals surface area contributed by atoms with E-state index < -0.39 is 12.1 Å². The predicted octanol–water partition coefficient (Wildman–Crippen LogP) is 2.02. The van der Waals surface area contributed by atoms with Crippen LogP contribution in [0.25, 0.3) is 5.57 Å². The maximum Gasteiger partial charge on any atom is 0.350 e. The summed E-state index contributed by atoms with van der Waals surface area (Å²) in [6.45, 7) is 3.96. The third-order valence-electron chi connectivity index (χ3n) is 2.60. The SMILES string of the molecule is C=C(C1=NO[C@H](C(=O)OC)C1)c1ccccc1. The lowest BCUT2D eigenvalue weighted by Crippen LogP contribution is -2.22. The molecule has 0 amide bonds. The summed E-state index contributed by atoms with van der Waals surface area (Å²) in [5, 5.41) is 3.88. The molecular formula is C13H13NO3. The van der Waals surface area contributed by atoms with Crippen molar-refractivity contribution in [3.05, 3.63) is 42.5 Å². The van der Waals surface area contributed by atoms with Gasteiger partial charge in [0.05, 0.1) is 12.8 Å². The molecule has 0 saturated heterocycles. The number of methoxy groups -OCH3 is 1. The number of oxime groups is 1. The van der Waals surface area contributed by atoms with Gasteiger partial charge in [0.15, 0.2) is 0 Å². The van der Waals surface area contributed by atoms with Crippen LogP contribution in [0.4, 0.5) is 0 Å². The molecule has 0 fully saturated rings. The van der Waals surface area contributed by atoms with E-state index in [2.05, 4.69) is 16.5 Å². The van der Waals surface area contributed by atoms with Crippen LogP contribution in [0.1, 0.15) is 12.0 Å². The Bertz CT molecular complexity index is 465. The van der Waals surface area contributed by atoms with Gasteiger partial charge in [-0.3, -0.25) is 0 Å². The fraction of sp³-hybridized carbons (Fsp3) is 0.231. The number of benzene rings is 1.